The molecule has 0 fully saturated rings. The van der Waals surface area contributed by atoms with Crippen LogP contribution in [0.5, 0.6) is 11.5 Å². The normalized spacial score (nSPS) is 13.5. The quantitative estimate of drug-likeness (QED) is 0.576. The smallest absolute Gasteiger partial charge is 0.272 e. The molecule has 1 amide bonds. The van der Waals surface area contributed by atoms with Crippen LogP contribution in [-0.2, 0) is 6.54 Å². The molecular weight excluding hydrogens is 402 g/mol. The Morgan fingerprint density at radius 3 is 2.73 bits per heavy atom. The van der Waals surface area contributed by atoms with Crippen LogP contribution in [0.2, 0.25) is 5.02 Å². The van der Waals surface area contributed by atoms with E-state index in [1.165, 1.54) is 0 Å². The number of H-pyrrole nitrogens is 1. The zero-order chi connectivity index (χ0) is 21.1. The molecule has 158 valence electrons. The van der Waals surface area contributed by atoms with Gasteiger partial charge in [0.1, 0.15) is 5.69 Å². The number of carbonyl (C=O) groups excluding carboxylic acids is 1. The molecule has 2 N–H and O–H groups in total. The molecule has 0 saturated carbocycles. The second kappa shape index (κ2) is 8.98. The van der Waals surface area contributed by atoms with Gasteiger partial charge in [-0.25, -0.2) is 0 Å². The van der Waals surface area contributed by atoms with Crippen molar-refractivity contribution in [2.24, 2.45) is 0 Å². The molecule has 0 saturated heterocycles. The van der Waals surface area contributed by atoms with Crippen LogP contribution in [0.4, 0.5) is 5.69 Å². The maximum absolute atomic E-state index is 12.9. The second-order valence-electron chi connectivity index (χ2n) is 7.34. The summed E-state index contributed by atoms with van der Waals surface area (Å²) in [5, 5.41) is 4.53. The molecule has 0 atom stereocenters. The van der Waals surface area contributed by atoms with Crippen LogP contribution in [0, 0.1) is 0 Å². The highest BCUT2D eigenvalue weighted by molar-refractivity contribution is 6.31. The van der Waals surface area contributed by atoms with Gasteiger partial charge in [-0.1, -0.05) is 25.4 Å². The van der Waals surface area contributed by atoms with Gasteiger partial charge in [-0.15, -0.1) is 0 Å². The number of rotatable bonds is 6. The van der Waals surface area contributed by atoms with E-state index < -0.39 is 0 Å². The van der Waals surface area contributed by atoms with Gasteiger partial charge in [-0.2, -0.15) is 0 Å². The molecular formula is C23H26ClN3O3. The van der Waals surface area contributed by atoms with Crippen molar-refractivity contribution in [3.05, 3.63) is 52.7 Å². The maximum Gasteiger partial charge on any atom is 0.272 e. The fourth-order valence-electron chi connectivity index (χ4n) is 3.65. The number of hydrogen-bond donors (Lipinski definition) is 2. The highest BCUT2D eigenvalue weighted by Crippen LogP contribution is 2.37. The van der Waals surface area contributed by atoms with Gasteiger partial charge in [-0.05, 0) is 43.4 Å². The van der Waals surface area contributed by atoms with Gasteiger partial charge in [0.05, 0.1) is 13.2 Å². The maximum atomic E-state index is 12.9. The lowest BCUT2D eigenvalue weighted by molar-refractivity contribution is 0.102. The molecule has 0 spiro atoms. The molecule has 30 heavy (non-hydrogen) atoms. The lowest BCUT2D eigenvalue weighted by Crippen LogP contribution is -2.23. The Morgan fingerprint density at radius 1 is 1.13 bits per heavy atom. The number of carbonyl (C=O) groups is 1. The summed E-state index contributed by atoms with van der Waals surface area (Å²) in [6.45, 7) is 8.08. The Kier molecular flexibility index (Phi) is 6.16. The van der Waals surface area contributed by atoms with Crippen LogP contribution in [0.1, 0.15) is 36.3 Å². The number of nitrogens with one attached hydrogen (secondary N) is 2. The summed E-state index contributed by atoms with van der Waals surface area (Å²) in [5.74, 6) is 1.24. The Morgan fingerprint density at radius 2 is 1.93 bits per heavy atom. The number of nitrogens with zero attached hydrogens (tertiary/aromatic N) is 1. The zero-order valence-corrected chi connectivity index (χ0v) is 18.0. The zero-order valence-electron chi connectivity index (χ0n) is 17.3. The first-order valence-electron chi connectivity index (χ1n) is 10.3. The first-order valence-corrected chi connectivity index (χ1v) is 10.7. The molecule has 6 nitrogen and oxygen atoms in total. The van der Waals surface area contributed by atoms with E-state index in [-0.39, 0.29) is 5.91 Å². The Bertz CT molecular complexity index is 1060. The minimum absolute atomic E-state index is 0.217. The van der Waals surface area contributed by atoms with Crippen molar-refractivity contribution in [2.45, 2.75) is 26.8 Å². The third-order valence-corrected chi connectivity index (χ3v) is 5.53. The predicted molar refractivity (Wildman–Crippen MR) is 120 cm³/mol. The van der Waals surface area contributed by atoms with Crippen LogP contribution in [0.3, 0.4) is 0 Å². The van der Waals surface area contributed by atoms with Gasteiger partial charge in [-0.3, -0.25) is 9.69 Å². The van der Waals surface area contributed by atoms with Gasteiger partial charge >= 0.3 is 0 Å². The number of aromatic amines is 1. The van der Waals surface area contributed by atoms with Crippen LogP contribution >= 0.6 is 11.6 Å². The lowest BCUT2D eigenvalue weighted by atomic mass is 10.1. The summed E-state index contributed by atoms with van der Waals surface area (Å²) in [4.78, 5) is 18.3. The molecule has 0 radical (unpaired) electrons. The van der Waals surface area contributed by atoms with Gasteiger partial charge in [0, 0.05) is 46.2 Å². The molecule has 2 heterocycles. The molecule has 3 aromatic rings. The highest BCUT2D eigenvalue weighted by atomic mass is 35.5. The van der Waals surface area contributed by atoms with Crippen LogP contribution in [0.15, 0.2) is 36.4 Å². The molecule has 2 aromatic carbocycles. The summed E-state index contributed by atoms with van der Waals surface area (Å²) < 4.78 is 11.9. The predicted octanol–water partition coefficient (Wildman–Crippen LogP) is 5.08. The highest BCUT2D eigenvalue weighted by Gasteiger charge is 2.19. The van der Waals surface area contributed by atoms with E-state index in [1.807, 2.05) is 24.3 Å². The van der Waals surface area contributed by atoms with Crippen molar-refractivity contribution in [1.82, 2.24) is 9.88 Å². The van der Waals surface area contributed by atoms with Gasteiger partial charge in [0.25, 0.3) is 5.91 Å². The van der Waals surface area contributed by atoms with Crippen LogP contribution in [0.25, 0.3) is 10.9 Å². The molecule has 0 bridgehead atoms. The van der Waals surface area contributed by atoms with E-state index in [0.29, 0.717) is 35.4 Å². The van der Waals surface area contributed by atoms with E-state index in [1.54, 1.807) is 12.1 Å². The average molecular weight is 428 g/mol. The molecule has 1 aromatic heterocycles. The van der Waals surface area contributed by atoms with Crippen molar-refractivity contribution >= 4 is 34.1 Å². The first kappa shape index (κ1) is 20.6. The Balaban J connectivity index is 1.63. The minimum atomic E-state index is -0.217. The number of benzene rings is 2. The van der Waals surface area contributed by atoms with Gasteiger partial charge in [0.2, 0.25) is 0 Å². The van der Waals surface area contributed by atoms with Crippen molar-refractivity contribution in [3.8, 4) is 11.5 Å². The van der Waals surface area contributed by atoms with Crippen molar-refractivity contribution in [3.63, 3.8) is 0 Å². The molecule has 7 heteroatoms. The van der Waals surface area contributed by atoms with Crippen molar-refractivity contribution < 1.29 is 14.3 Å². The Hall–Kier alpha value is -2.70. The van der Waals surface area contributed by atoms with Crippen molar-refractivity contribution in [1.29, 1.82) is 0 Å². The molecule has 1 aliphatic rings. The Labute approximate surface area is 181 Å². The van der Waals surface area contributed by atoms with E-state index in [9.17, 15) is 4.79 Å². The molecule has 4 rings (SSSR count). The summed E-state index contributed by atoms with van der Waals surface area (Å²) in [6.07, 6.45) is 0.832. The lowest BCUT2D eigenvalue weighted by Gasteiger charge is -2.21. The number of ether oxygens (including phenoxy) is 2. The van der Waals surface area contributed by atoms with E-state index >= 15 is 0 Å². The average Bonchev–Trinajstić information content (AvgIpc) is 3.01. The molecule has 1 aliphatic heterocycles. The number of fused-ring (bicyclic) bond motifs is 2. The number of aromatic nitrogens is 1. The second-order valence-corrected chi connectivity index (χ2v) is 7.78. The number of amides is 1. The molecule has 0 aliphatic carbocycles. The van der Waals surface area contributed by atoms with E-state index in [2.05, 4.69) is 29.0 Å². The summed E-state index contributed by atoms with van der Waals surface area (Å²) in [7, 11) is 0. The van der Waals surface area contributed by atoms with E-state index in [0.717, 1.165) is 48.3 Å². The SMILES string of the molecule is CCN(CC)Cc1cc(NC(=O)c2cc3cc(Cl)ccc3[nH]2)cc2c1OCCCO2. The number of anilines is 1. The monoisotopic (exact) mass is 427 g/mol. The third-order valence-electron chi connectivity index (χ3n) is 5.30. The summed E-state index contributed by atoms with van der Waals surface area (Å²) in [5.41, 5.74) is 3.04. The standard InChI is InChI=1S/C23H26ClN3O3/c1-3-27(4-2)14-16-11-18(13-21-22(16)30-9-5-8-29-21)25-23(28)20-12-15-10-17(24)6-7-19(15)26-20/h6-7,10-13,26H,3-5,8-9,14H2,1-2H3,(H,25,28). The molecule has 0 unspecified atom stereocenters. The van der Waals surface area contributed by atoms with Crippen LogP contribution in [-0.4, -0.2) is 42.1 Å². The minimum Gasteiger partial charge on any atom is -0.489 e. The summed E-state index contributed by atoms with van der Waals surface area (Å²) in [6, 6.07) is 11.1. The fourth-order valence-corrected chi connectivity index (χ4v) is 3.83. The van der Waals surface area contributed by atoms with Crippen LogP contribution < -0.4 is 14.8 Å². The summed E-state index contributed by atoms with van der Waals surface area (Å²) >= 11 is 6.06. The number of halogens is 1. The topological polar surface area (TPSA) is 66.6 Å². The third kappa shape index (κ3) is 4.40. The first-order chi connectivity index (χ1) is 14.6. The fraction of sp³-hybridized carbons (Fsp3) is 0.348. The van der Waals surface area contributed by atoms with Gasteiger partial charge in [0.15, 0.2) is 11.5 Å². The largest absolute Gasteiger partial charge is 0.489 e. The van der Waals surface area contributed by atoms with Crippen molar-refractivity contribution in [2.75, 3.05) is 31.6 Å². The van der Waals surface area contributed by atoms with E-state index in [4.69, 9.17) is 21.1 Å². The number of hydrogen-bond acceptors (Lipinski definition) is 4. The van der Waals surface area contributed by atoms with Gasteiger partial charge < -0.3 is 19.8 Å².